The topological polar surface area (TPSA) is 59.1 Å². The summed E-state index contributed by atoms with van der Waals surface area (Å²) >= 11 is 1.29. The van der Waals surface area contributed by atoms with Gasteiger partial charge in [0.15, 0.2) is 5.78 Å². The molecule has 1 aromatic carbocycles. The second-order valence-electron chi connectivity index (χ2n) is 5.80. The number of nitrogens with one attached hydrogen (secondary N) is 1. The van der Waals surface area contributed by atoms with Crippen LogP contribution in [0.4, 0.5) is 0 Å². The summed E-state index contributed by atoms with van der Waals surface area (Å²) in [7, 11) is 0. The summed E-state index contributed by atoms with van der Waals surface area (Å²) in [6.45, 7) is 3.52. The van der Waals surface area contributed by atoms with E-state index < -0.39 is 0 Å². The minimum absolute atomic E-state index is 0.0337. The Bertz CT molecular complexity index is 903. The molecule has 4 nitrogen and oxygen atoms in total. The number of carbonyl (C=O) groups is 2. The maximum absolute atomic E-state index is 12.7. The maximum atomic E-state index is 12.7. The fourth-order valence-electron chi connectivity index (χ4n) is 2.66. The molecule has 0 bridgehead atoms. The number of rotatable bonds is 5. The number of hydrogen-bond donors (Lipinski definition) is 1. The van der Waals surface area contributed by atoms with E-state index in [0.29, 0.717) is 10.4 Å². The molecule has 0 spiro atoms. The molecule has 126 valence electrons. The highest BCUT2D eigenvalue weighted by Gasteiger charge is 2.20. The van der Waals surface area contributed by atoms with Crippen molar-refractivity contribution >= 4 is 23.0 Å². The molecule has 1 amide bonds. The predicted molar refractivity (Wildman–Crippen MR) is 99.0 cm³/mol. The number of thiophene rings is 1. The average Bonchev–Trinajstić information content (AvgIpc) is 3.12. The van der Waals surface area contributed by atoms with E-state index in [1.165, 1.54) is 18.3 Å². The smallest absolute Gasteiger partial charge is 0.252 e. The molecule has 5 heteroatoms. The minimum atomic E-state index is -0.280. The zero-order chi connectivity index (χ0) is 17.8. The van der Waals surface area contributed by atoms with Crippen molar-refractivity contribution in [2.45, 2.75) is 19.9 Å². The molecule has 2 heterocycles. The van der Waals surface area contributed by atoms with Crippen LogP contribution in [0.15, 0.2) is 60.2 Å². The van der Waals surface area contributed by atoms with Crippen molar-refractivity contribution in [3.8, 4) is 0 Å². The van der Waals surface area contributed by atoms with Crippen LogP contribution in [0.2, 0.25) is 0 Å². The Morgan fingerprint density at radius 1 is 1.12 bits per heavy atom. The molecule has 0 aliphatic heterocycles. The van der Waals surface area contributed by atoms with E-state index in [4.69, 9.17) is 0 Å². The third-order valence-electron chi connectivity index (χ3n) is 4.02. The van der Waals surface area contributed by atoms with Crippen LogP contribution >= 0.6 is 11.3 Å². The molecular formula is C20H18N2O2S. The number of aromatic nitrogens is 1. The second-order valence-corrected chi connectivity index (χ2v) is 6.71. The Kier molecular flexibility index (Phi) is 5.05. The van der Waals surface area contributed by atoms with Gasteiger partial charge in [-0.2, -0.15) is 0 Å². The molecule has 25 heavy (non-hydrogen) atoms. The Morgan fingerprint density at radius 3 is 2.48 bits per heavy atom. The molecule has 0 saturated heterocycles. The van der Waals surface area contributed by atoms with Gasteiger partial charge in [-0.25, -0.2) is 0 Å². The third kappa shape index (κ3) is 3.83. The standard InChI is InChI=1S/C20H18N2O2S/c1-13-5-3-4-6-17(13)19(15-7-9-21-10-8-15)22-20(24)16-11-18(14(2)23)25-12-16/h3-12,19H,1-2H3,(H,22,24)/t19-/m1/s1. The van der Waals surface area contributed by atoms with E-state index in [2.05, 4.69) is 10.3 Å². The molecule has 3 rings (SSSR count). The fraction of sp³-hybridized carbons (Fsp3) is 0.150. The van der Waals surface area contributed by atoms with Crippen molar-refractivity contribution in [1.82, 2.24) is 10.3 Å². The molecule has 0 unspecified atom stereocenters. The lowest BCUT2D eigenvalue weighted by Gasteiger charge is -2.21. The van der Waals surface area contributed by atoms with Crippen molar-refractivity contribution in [3.05, 3.63) is 87.4 Å². The highest BCUT2D eigenvalue weighted by atomic mass is 32.1. The molecular weight excluding hydrogens is 332 g/mol. The zero-order valence-electron chi connectivity index (χ0n) is 14.0. The summed E-state index contributed by atoms with van der Waals surface area (Å²) in [6, 6.07) is 13.1. The van der Waals surface area contributed by atoms with E-state index in [-0.39, 0.29) is 17.7 Å². The molecule has 0 fully saturated rings. The van der Waals surface area contributed by atoms with Gasteiger partial charge in [-0.1, -0.05) is 24.3 Å². The Labute approximate surface area is 150 Å². The van der Waals surface area contributed by atoms with Gasteiger partial charge in [-0.15, -0.1) is 11.3 Å². The monoisotopic (exact) mass is 350 g/mol. The fourth-order valence-corrected chi connectivity index (χ4v) is 3.45. The van der Waals surface area contributed by atoms with Gasteiger partial charge in [-0.3, -0.25) is 14.6 Å². The second kappa shape index (κ2) is 7.40. The summed E-state index contributed by atoms with van der Waals surface area (Å²) in [5.41, 5.74) is 3.59. The minimum Gasteiger partial charge on any atom is -0.341 e. The molecule has 3 aromatic rings. The van der Waals surface area contributed by atoms with Crippen molar-refractivity contribution < 1.29 is 9.59 Å². The number of nitrogens with zero attached hydrogens (tertiary/aromatic N) is 1. The van der Waals surface area contributed by atoms with Crippen LogP contribution in [-0.2, 0) is 0 Å². The van der Waals surface area contributed by atoms with Gasteiger partial charge in [0.05, 0.1) is 16.5 Å². The van der Waals surface area contributed by atoms with Gasteiger partial charge in [0.2, 0.25) is 0 Å². The Morgan fingerprint density at radius 2 is 1.84 bits per heavy atom. The van der Waals surface area contributed by atoms with Crippen molar-refractivity contribution in [3.63, 3.8) is 0 Å². The van der Waals surface area contributed by atoms with Gasteiger partial charge < -0.3 is 5.32 Å². The molecule has 0 radical (unpaired) electrons. The Hall–Kier alpha value is -2.79. The molecule has 1 N–H and O–H groups in total. The number of benzene rings is 1. The van der Waals surface area contributed by atoms with Crippen LogP contribution in [0.1, 0.15) is 49.7 Å². The molecule has 0 aliphatic rings. The van der Waals surface area contributed by atoms with Crippen LogP contribution in [0.5, 0.6) is 0 Å². The van der Waals surface area contributed by atoms with E-state index in [0.717, 1.165) is 16.7 Å². The van der Waals surface area contributed by atoms with Gasteiger partial charge in [0.1, 0.15) is 0 Å². The summed E-state index contributed by atoms with van der Waals surface area (Å²) < 4.78 is 0. The number of aryl methyl sites for hydroxylation is 1. The molecule has 0 aliphatic carbocycles. The maximum Gasteiger partial charge on any atom is 0.252 e. The van der Waals surface area contributed by atoms with E-state index in [9.17, 15) is 9.59 Å². The molecule has 0 saturated carbocycles. The first-order valence-corrected chi connectivity index (χ1v) is 8.80. The normalized spacial score (nSPS) is 11.8. The van der Waals surface area contributed by atoms with Crippen molar-refractivity contribution in [2.24, 2.45) is 0 Å². The third-order valence-corrected chi connectivity index (χ3v) is 5.05. The average molecular weight is 350 g/mol. The van der Waals surface area contributed by atoms with Crippen LogP contribution in [0.25, 0.3) is 0 Å². The number of ketones is 1. The number of pyridine rings is 1. The number of amides is 1. The zero-order valence-corrected chi connectivity index (χ0v) is 14.8. The first-order chi connectivity index (χ1) is 12.1. The predicted octanol–water partition coefficient (Wildman–Crippen LogP) is 4.17. The molecule has 1 atom stereocenters. The SMILES string of the molecule is CC(=O)c1cc(C(=O)N[C@H](c2ccncc2)c2ccccc2C)cs1. The summed E-state index contributed by atoms with van der Waals surface area (Å²) in [5, 5.41) is 4.80. The van der Waals surface area contributed by atoms with Gasteiger partial charge in [0, 0.05) is 17.8 Å². The van der Waals surface area contributed by atoms with Crippen LogP contribution in [0, 0.1) is 6.92 Å². The lowest BCUT2D eigenvalue weighted by atomic mass is 9.95. The van der Waals surface area contributed by atoms with Gasteiger partial charge in [0.25, 0.3) is 5.91 Å². The van der Waals surface area contributed by atoms with E-state index in [1.807, 2.05) is 43.3 Å². The van der Waals surface area contributed by atoms with Crippen LogP contribution in [0.3, 0.4) is 0 Å². The summed E-state index contributed by atoms with van der Waals surface area (Å²) in [4.78, 5) is 28.8. The van der Waals surface area contributed by atoms with Crippen molar-refractivity contribution in [1.29, 1.82) is 0 Å². The lowest BCUT2D eigenvalue weighted by Crippen LogP contribution is -2.29. The summed E-state index contributed by atoms with van der Waals surface area (Å²) in [6.07, 6.45) is 3.43. The molecule has 2 aromatic heterocycles. The lowest BCUT2D eigenvalue weighted by molar-refractivity contribution is 0.0943. The Balaban J connectivity index is 1.94. The number of Topliss-reactive ketones (excluding diaryl/α,β-unsaturated/α-hetero) is 1. The first kappa shape index (κ1) is 17.0. The van der Waals surface area contributed by atoms with E-state index in [1.54, 1.807) is 23.8 Å². The highest BCUT2D eigenvalue weighted by Crippen LogP contribution is 2.25. The number of carbonyl (C=O) groups excluding carboxylic acids is 2. The van der Waals surface area contributed by atoms with Gasteiger partial charge in [-0.05, 0) is 48.7 Å². The highest BCUT2D eigenvalue weighted by molar-refractivity contribution is 7.12. The van der Waals surface area contributed by atoms with Crippen molar-refractivity contribution in [2.75, 3.05) is 0 Å². The van der Waals surface area contributed by atoms with E-state index >= 15 is 0 Å². The largest absolute Gasteiger partial charge is 0.341 e. The van der Waals surface area contributed by atoms with Crippen LogP contribution in [-0.4, -0.2) is 16.7 Å². The number of hydrogen-bond acceptors (Lipinski definition) is 4. The van der Waals surface area contributed by atoms with Gasteiger partial charge >= 0.3 is 0 Å². The van der Waals surface area contributed by atoms with Crippen LogP contribution < -0.4 is 5.32 Å². The summed E-state index contributed by atoms with van der Waals surface area (Å²) in [5.74, 6) is -0.234. The quantitative estimate of drug-likeness (QED) is 0.703. The first-order valence-electron chi connectivity index (χ1n) is 7.92.